The summed E-state index contributed by atoms with van der Waals surface area (Å²) in [5.74, 6) is -0.970. The summed E-state index contributed by atoms with van der Waals surface area (Å²) in [6, 6.07) is 11.3. The molecule has 4 rings (SSSR count). The Morgan fingerprint density at radius 2 is 1.82 bits per heavy atom. The molecule has 2 aromatic carbocycles. The number of rotatable bonds is 9. The van der Waals surface area contributed by atoms with Crippen LogP contribution in [0.25, 0.3) is 16.9 Å². The van der Waals surface area contributed by atoms with E-state index in [1.54, 1.807) is 50.4 Å². The molecule has 0 amide bonds. The molecule has 2 aromatic heterocycles. The summed E-state index contributed by atoms with van der Waals surface area (Å²) in [6.45, 7) is 3.32. The summed E-state index contributed by atoms with van der Waals surface area (Å²) in [4.78, 5) is 19.4. The van der Waals surface area contributed by atoms with Crippen LogP contribution in [-0.4, -0.2) is 50.2 Å². The molecule has 2 heterocycles. The van der Waals surface area contributed by atoms with Crippen molar-refractivity contribution < 1.29 is 32.5 Å². The first-order chi connectivity index (χ1) is 18.4. The van der Waals surface area contributed by atoms with Crippen molar-refractivity contribution in [3.8, 4) is 28.6 Å². The molecule has 3 N–H and O–H groups in total. The minimum Gasteiger partial charge on any atom is -0.497 e. The van der Waals surface area contributed by atoms with Crippen molar-refractivity contribution in [3.63, 3.8) is 0 Å². The maximum absolute atomic E-state index is 14.5. The highest BCUT2D eigenvalue weighted by molar-refractivity contribution is 5.73. The summed E-state index contributed by atoms with van der Waals surface area (Å²) in [6.07, 6.45) is -3.93. The fraction of sp³-hybridized carbons (Fsp3) is 0.259. The molecular formula is C27H26F3N5O4. The molecule has 0 bridgehead atoms. The van der Waals surface area contributed by atoms with E-state index in [0.717, 1.165) is 5.56 Å². The van der Waals surface area contributed by atoms with Crippen LogP contribution in [0.5, 0.6) is 11.6 Å². The van der Waals surface area contributed by atoms with Crippen molar-refractivity contribution >= 4 is 5.97 Å². The van der Waals surface area contributed by atoms with Gasteiger partial charge in [-0.05, 0) is 49.6 Å². The van der Waals surface area contributed by atoms with Crippen LogP contribution in [0.15, 0.2) is 60.9 Å². The predicted octanol–water partition coefficient (Wildman–Crippen LogP) is 4.59. The lowest BCUT2D eigenvalue weighted by Crippen LogP contribution is -2.32. The number of aryl methyl sites for hydroxylation is 2. The zero-order valence-electron chi connectivity index (χ0n) is 21.3. The maximum atomic E-state index is 14.5. The number of benzene rings is 2. The lowest BCUT2D eigenvalue weighted by Gasteiger charge is -2.24. The highest BCUT2D eigenvalue weighted by atomic mass is 19.4. The molecular weight excluding hydrogens is 515 g/mol. The highest BCUT2D eigenvalue weighted by Gasteiger charge is 2.45. The van der Waals surface area contributed by atoms with Crippen molar-refractivity contribution in [3.05, 3.63) is 83.4 Å². The minimum atomic E-state index is -4.81. The Hall–Kier alpha value is -4.45. The number of methoxy groups -OCH3 is 1. The number of aromatic nitrogens is 4. The normalized spacial score (nSPS) is 13.1. The lowest BCUT2D eigenvalue weighted by molar-refractivity contribution is -0.198. The smallest absolute Gasteiger partial charge is 0.429 e. The summed E-state index contributed by atoms with van der Waals surface area (Å²) in [5, 5.41) is 13.2. The molecule has 0 saturated carbocycles. The van der Waals surface area contributed by atoms with Gasteiger partial charge in [0.05, 0.1) is 24.7 Å². The van der Waals surface area contributed by atoms with E-state index in [2.05, 4.69) is 15.1 Å². The maximum Gasteiger partial charge on any atom is 0.429 e. The largest absolute Gasteiger partial charge is 0.497 e. The highest BCUT2D eigenvalue weighted by Crippen LogP contribution is 2.40. The molecule has 0 aliphatic rings. The third-order valence-electron chi connectivity index (χ3n) is 5.85. The van der Waals surface area contributed by atoms with Gasteiger partial charge in [0.1, 0.15) is 17.6 Å². The van der Waals surface area contributed by atoms with Crippen LogP contribution in [-0.2, 0) is 11.2 Å². The quantitative estimate of drug-likeness (QED) is 0.315. The second kappa shape index (κ2) is 11.1. The SMILES string of the molecule is COc1ccc(-n2cc(C)cn2)c(C(Oc2cc(-c3ccc(CC(N)C(=O)O)cc3)nc(C)n2)C(F)(F)F)c1. The number of halogens is 3. The molecule has 4 aromatic rings. The van der Waals surface area contributed by atoms with Crippen molar-refractivity contribution in [2.24, 2.45) is 5.73 Å². The van der Waals surface area contributed by atoms with E-state index in [9.17, 15) is 18.0 Å². The standard InChI is InChI=1S/C27H26F3N5O4/c1-15-13-32-35(14-15)23-9-8-19(38-3)11-20(23)25(27(28,29)30)39-24-12-22(33-16(2)34-24)18-6-4-17(5-7-18)10-21(31)26(36)37/h4-9,11-14,21,25H,10,31H2,1-3H3,(H,36,37). The first kappa shape index (κ1) is 27.6. The van der Waals surface area contributed by atoms with E-state index in [0.29, 0.717) is 16.8 Å². The number of alkyl halides is 3. The van der Waals surface area contributed by atoms with Gasteiger partial charge in [0.25, 0.3) is 0 Å². The van der Waals surface area contributed by atoms with Gasteiger partial charge >= 0.3 is 12.1 Å². The molecule has 2 unspecified atom stereocenters. The molecule has 0 aliphatic carbocycles. The molecule has 204 valence electrons. The molecule has 0 fully saturated rings. The number of ether oxygens (including phenoxy) is 2. The van der Waals surface area contributed by atoms with Crippen LogP contribution in [0.1, 0.15) is 28.6 Å². The molecule has 39 heavy (non-hydrogen) atoms. The zero-order valence-corrected chi connectivity index (χ0v) is 21.3. The van der Waals surface area contributed by atoms with Gasteiger partial charge < -0.3 is 20.3 Å². The van der Waals surface area contributed by atoms with E-state index in [1.165, 1.54) is 36.2 Å². The molecule has 9 nitrogen and oxygen atoms in total. The molecule has 0 saturated heterocycles. The molecule has 0 aliphatic heterocycles. The number of carboxylic acids is 1. The van der Waals surface area contributed by atoms with Crippen molar-refractivity contribution in [1.82, 2.24) is 19.7 Å². The Morgan fingerprint density at radius 3 is 2.41 bits per heavy atom. The fourth-order valence-electron chi connectivity index (χ4n) is 3.95. The predicted molar refractivity (Wildman–Crippen MR) is 136 cm³/mol. The Bertz CT molecular complexity index is 1470. The van der Waals surface area contributed by atoms with E-state index < -0.39 is 24.3 Å². The summed E-state index contributed by atoms with van der Waals surface area (Å²) in [7, 11) is 1.36. The van der Waals surface area contributed by atoms with Gasteiger partial charge in [-0.25, -0.2) is 9.67 Å². The number of nitrogens with two attached hydrogens (primary N) is 1. The number of hydrogen-bond donors (Lipinski definition) is 2. The van der Waals surface area contributed by atoms with E-state index >= 15 is 0 Å². The number of hydrogen-bond acceptors (Lipinski definition) is 7. The first-order valence-corrected chi connectivity index (χ1v) is 11.8. The van der Waals surface area contributed by atoms with Gasteiger partial charge in [0.15, 0.2) is 0 Å². The van der Waals surface area contributed by atoms with E-state index in [1.807, 2.05) is 0 Å². The van der Waals surface area contributed by atoms with Crippen LogP contribution in [0.4, 0.5) is 13.2 Å². The molecule has 12 heteroatoms. The minimum absolute atomic E-state index is 0.124. The monoisotopic (exact) mass is 541 g/mol. The van der Waals surface area contributed by atoms with Crippen molar-refractivity contribution in [2.45, 2.75) is 38.6 Å². The third kappa shape index (κ3) is 6.52. The topological polar surface area (TPSA) is 125 Å². The van der Waals surface area contributed by atoms with Gasteiger partial charge in [-0.15, -0.1) is 0 Å². The summed E-state index contributed by atoms with van der Waals surface area (Å²) < 4.78 is 55.5. The van der Waals surface area contributed by atoms with Crippen LogP contribution in [0.3, 0.4) is 0 Å². The van der Waals surface area contributed by atoms with Crippen LogP contribution in [0.2, 0.25) is 0 Å². The van der Waals surface area contributed by atoms with Gasteiger partial charge in [-0.2, -0.15) is 23.3 Å². The molecule has 0 radical (unpaired) electrons. The summed E-state index contributed by atoms with van der Waals surface area (Å²) in [5.41, 5.74) is 7.93. The van der Waals surface area contributed by atoms with Crippen LogP contribution in [0, 0.1) is 13.8 Å². The average molecular weight is 542 g/mol. The third-order valence-corrected chi connectivity index (χ3v) is 5.85. The van der Waals surface area contributed by atoms with Gasteiger partial charge in [0.2, 0.25) is 12.0 Å². The average Bonchev–Trinajstić information content (AvgIpc) is 3.32. The van der Waals surface area contributed by atoms with E-state index in [-0.39, 0.29) is 35.1 Å². The van der Waals surface area contributed by atoms with Gasteiger partial charge in [-0.3, -0.25) is 4.79 Å². The zero-order chi connectivity index (χ0) is 28.3. The van der Waals surface area contributed by atoms with Crippen molar-refractivity contribution in [1.29, 1.82) is 0 Å². The Labute approximate surface area is 222 Å². The van der Waals surface area contributed by atoms with Crippen molar-refractivity contribution in [2.75, 3.05) is 7.11 Å². The number of aliphatic carboxylic acids is 1. The Balaban J connectivity index is 1.71. The van der Waals surface area contributed by atoms with Crippen LogP contribution >= 0.6 is 0 Å². The van der Waals surface area contributed by atoms with Gasteiger partial charge in [0, 0.05) is 23.4 Å². The number of carboxylic acid groups (broad SMARTS) is 1. The molecule has 0 spiro atoms. The van der Waals surface area contributed by atoms with Gasteiger partial charge in [-0.1, -0.05) is 24.3 Å². The Kier molecular flexibility index (Phi) is 7.86. The lowest BCUT2D eigenvalue weighted by atomic mass is 10.0. The second-order valence-electron chi connectivity index (χ2n) is 8.91. The number of carbonyl (C=O) groups is 1. The van der Waals surface area contributed by atoms with E-state index in [4.69, 9.17) is 20.3 Å². The number of nitrogens with zero attached hydrogens (tertiary/aromatic N) is 4. The Morgan fingerprint density at radius 1 is 1.10 bits per heavy atom. The second-order valence-corrected chi connectivity index (χ2v) is 8.91. The fourth-order valence-corrected chi connectivity index (χ4v) is 3.95. The van der Waals surface area contributed by atoms with Crippen LogP contribution < -0.4 is 15.2 Å². The first-order valence-electron chi connectivity index (χ1n) is 11.8. The summed E-state index contributed by atoms with van der Waals surface area (Å²) >= 11 is 0. The molecule has 2 atom stereocenters.